The van der Waals surface area contributed by atoms with E-state index in [0.717, 1.165) is 19.3 Å². The van der Waals surface area contributed by atoms with Crippen LogP contribution in [-0.2, 0) is 14.3 Å². The summed E-state index contributed by atoms with van der Waals surface area (Å²) in [5.74, 6) is -0.707. The predicted octanol–water partition coefficient (Wildman–Crippen LogP) is 4.31. The number of rotatable bonds is 9. The van der Waals surface area contributed by atoms with Crippen LogP contribution in [0, 0.1) is 11.8 Å². The number of aliphatic carboxylic acids is 1. The third kappa shape index (κ3) is 5.76. The second-order valence-electron chi connectivity index (χ2n) is 9.22. The Hall–Kier alpha value is -3.35. The highest BCUT2D eigenvalue weighted by molar-refractivity contribution is 5.79. The highest BCUT2D eigenvalue weighted by atomic mass is 16.5. The van der Waals surface area contributed by atoms with Crippen molar-refractivity contribution in [3.05, 3.63) is 59.7 Å². The topological polar surface area (TPSA) is 105 Å². The highest BCUT2D eigenvalue weighted by Crippen LogP contribution is 2.44. The zero-order chi connectivity index (χ0) is 23.9. The Kier molecular flexibility index (Phi) is 7.83. The maximum Gasteiger partial charge on any atom is 0.407 e. The molecule has 7 heteroatoms. The Morgan fingerprint density at radius 2 is 1.62 bits per heavy atom. The Morgan fingerprint density at radius 3 is 2.29 bits per heavy atom. The molecule has 4 rings (SSSR count). The van der Waals surface area contributed by atoms with Crippen LogP contribution in [0.15, 0.2) is 48.5 Å². The third-order valence-electron chi connectivity index (χ3n) is 6.90. The van der Waals surface area contributed by atoms with Gasteiger partial charge in [-0.15, -0.1) is 0 Å². The van der Waals surface area contributed by atoms with Gasteiger partial charge < -0.3 is 20.5 Å². The van der Waals surface area contributed by atoms with E-state index in [1.165, 1.54) is 22.3 Å². The smallest absolute Gasteiger partial charge is 0.407 e. The lowest BCUT2D eigenvalue weighted by Crippen LogP contribution is -2.38. The molecule has 0 radical (unpaired) electrons. The number of benzene rings is 2. The average molecular weight is 465 g/mol. The third-order valence-corrected chi connectivity index (χ3v) is 6.90. The quantitative estimate of drug-likeness (QED) is 0.480. The molecule has 2 aliphatic rings. The van der Waals surface area contributed by atoms with Crippen molar-refractivity contribution in [2.24, 2.45) is 11.8 Å². The number of carboxylic acid groups (broad SMARTS) is 1. The van der Waals surface area contributed by atoms with E-state index in [0.29, 0.717) is 25.9 Å². The lowest BCUT2D eigenvalue weighted by molar-refractivity contribution is -0.137. The van der Waals surface area contributed by atoms with Gasteiger partial charge in [-0.3, -0.25) is 9.59 Å². The molecule has 0 saturated heterocycles. The molecular formula is C27H32N2O5. The predicted molar refractivity (Wildman–Crippen MR) is 128 cm³/mol. The van der Waals surface area contributed by atoms with Crippen LogP contribution >= 0.6 is 0 Å². The number of carbonyl (C=O) groups is 3. The molecule has 0 spiro atoms. The van der Waals surface area contributed by atoms with Crippen molar-refractivity contribution in [2.75, 3.05) is 19.7 Å². The number of hydrogen-bond acceptors (Lipinski definition) is 4. The highest BCUT2D eigenvalue weighted by Gasteiger charge is 2.30. The van der Waals surface area contributed by atoms with Crippen molar-refractivity contribution in [3.63, 3.8) is 0 Å². The van der Waals surface area contributed by atoms with Crippen molar-refractivity contribution in [3.8, 4) is 11.1 Å². The van der Waals surface area contributed by atoms with Gasteiger partial charge in [0.15, 0.2) is 0 Å². The minimum Gasteiger partial charge on any atom is -0.481 e. The summed E-state index contributed by atoms with van der Waals surface area (Å²) in [6.45, 7) is 1.15. The fraction of sp³-hybridized carbons (Fsp3) is 0.444. The van der Waals surface area contributed by atoms with Gasteiger partial charge in [0.2, 0.25) is 5.91 Å². The van der Waals surface area contributed by atoms with Crippen LogP contribution in [-0.4, -0.2) is 42.8 Å². The number of carboxylic acids is 1. The Balaban J connectivity index is 1.22. The molecular weight excluding hydrogens is 432 g/mol. The SMILES string of the molecule is O=C(O)CCCNC(=O)C1CCCC(CNC(=O)OCC2c3ccccc3-c3ccccc32)C1. The van der Waals surface area contributed by atoms with Crippen LogP contribution in [0.2, 0.25) is 0 Å². The minimum absolute atomic E-state index is 0.0174. The van der Waals surface area contributed by atoms with Gasteiger partial charge >= 0.3 is 12.1 Å². The number of hydrogen-bond donors (Lipinski definition) is 3. The van der Waals surface area contributed by atoms with Crippen LogP contribution in [0.4, 0.5) is 4.79 Å². The molecule has 7 nitrogen and oxygen atoms in total. The van der Waals surface area contributed by atoms with Gasteiger partial charge in [-0.1, -0.05) is 55.0 Å². The van der Waals surface area contributed by atoms with E-state index in [-0.39, 0.29) is 36.7 Å². The van der Waals surface area contributed by atoms with E-state index in [2.05, 4.69) is 34.9 Å². The first-order valence-electron chi connectivity index (χ1n) is 12.1. The number of alkyl carbamates (subject to hydrolysis) is 1. The van der Waals surface area contributed by atoms with Crippen LogP contribution in [0.25, 0.3) is 11.1 Å². The van der Waals surface area contributed by atoms with E-state index in [1.54, 1.807) is 0 Å². The molecule has 0 aromatic heterocycles. The molecule has 2 aliphatic carbocycles. The van der Waals surface area contributed by atoms with Crippen molar-refractivity contribution in [1.82, 2.24) is 10.6 Å². The van der Waals surface area contributed by atoms with Crippen LogP contribution < -0.4 is 10.6 Å². The molecule has 1 saturated carbocycles. The number of carbonyl (C=O) groups excluding carboxylic acids is 2. The number of amides is 2. The summed E-state index contributed by atoms with van der Waals surface area (Å²) in [6.07, 6.45) is 3.50. The summed E-state index contributed by atoms with van der Waals surface area (Å²) < 4.78 is 5.61. The molecule has 3 N–H and O–H groups in total. The van der Waals surface area contributed by atoms with Gasteiger partial charge in [-0.05, 0) is 53.9 Å². The maximum atomic E-state index is 12.5. The fourth-order valence-corrected chi connectivity index (χ4v) is 5.19. The van der Waals surface area contributed by atoms with Crippen LogP contribution in [0.5, 0.6) is 0 Å². The molecule has 2 aromatic carbocycles. The van der Waals surface area contributed by atoms with E-state index in [9.17, 15) is 14.4 Å². The molecule has 0 bridgehead atoms. The van der Waals surface area contributed by atoms with E-state index >= 15 is 0 Å². The molecule has 2 aromatic rings. The average Bonchev–Trinajstić information content (AvgIpc) is 3.18. The summed E-state index contributed by atoms with van der Waals surface area (Å²) in [4.78, 5) is 35.4. The Bertz CT molecular complexity index is 992. The van der Waals surface area contributed by atoms with Gasteiger partial charge in [-0.2, -0.15) is 0 Å². The second kappa shape index (κ2) is 11.2. The Labute approximate surface area is 199 Å². The van der Waals surface area contributed by atoms with Crippen molar-refractivity contribution in [2.45, 2.75) is 44.4 Å². The molecule has 0 heterocycles. The lowest BCUT2D eigenvalue weighted by atomic mass is 9.81. The molecule has 1 fully saturated rings. The summed E-state index contributed by atoms with van der Waals surface area (Å²) >= 11 is 0. The van der Waals surface area contributed by atoms with Gasteiger partial charge in [0.1, 0.15) is 6.61 Å². The molecule has 2 amide bonds. The molecule has 180 valence electrons. The molecule has 2 unspecified atom stereocenters. The van der Waals surface area contributed by atoms with E-state index in [1.807, 2.05) is 24.3 Å². The largest absolute Gasteiger partial charge is 0.481 e. The van der Waals surface area contributed by atoms with Crippen molar-refractivity contribution >= 4 is 18.0 Å². The summed E-state index contributed by atoms with van der Waals surface area (Å²) in [7, 11) is 0. The van der Waals surface area contributed by atoms with Crippen LogP contribution in [0.1, 0.15) is 55.6 Å². The summed E-state index contributed by atoms with van der Waals surface area (Å²) in [5, 5.41) is 14.4. The number of ether oxygens (including phenoxy) is 1. The second-order valence-corrected chi connectivity index (χ2v) is 9.22. The summed E-state index contributed by atoms with van der Waals surface area (Å²) in [6, 6.07) is 16.5. The summed E-state index contributed by atoms with van der Waals surface area (Å²) in [5.41, 5.74) is 4.75. The molecule has 0 aliphatic heterocycles. The van der Waals surface area contributed by atoms with Gasteiger partial charge in [0, 0.05) is 31.3 Å². The zero-order valence-electron chi connectivity index (χ0n) is 19.3. The van der Waals surface area contributed by atoms with E-state index in [4.69, 9.17) is 9.84 Å². The zero-order valence-corrected chi connectivity index (χ0v) is 19.3. The van der Waals surface area contributed by atoms with Crippen molar-refractivity contribution < 1.29 is 24.2 Å². The monoisotopic (exact) mass is 464 g/mol. The molecule has 2 atom stereocenters. The lowest BCUT2D eigenvalue weighted by Gasteiger charge is -2.28. The number of nitrogens with one attached hydrogen (secondary N) is 2. The van der Waals surface area contributed by atoms with Crippen LogP contribution in [0.3, 0.4) is 0 Å². The maximum absolute atomic E-state index is 12.5. The van der Waals surface area contributed by atoms with Gasteiger partial charge in [0.05, 0.1) is 0 Å². The first-order chi connectivity index (χ1) is 16.5. The van der Waals surface area contributed by atoms with Crippen molar-refractivity contribution in [1.29, 1.82) is 0 Å². The number of fused-ring (bicyclic) bond motifs is 3. The Morgan fingerprint density at radius 1 is 0.941 bits per heavy atom. The molecule has 34 heavy (non-hydrogen) atoms. The standard InChI is InChI=1S/C27H32N2O5/c30-25(31)13-6-14-28-26(32)19-8-5-7-18(15-19)16-29-27(33)34-17-24-22-11-3-1-9-20(22)21-10-2-4-12-23(21)24/h1-4,9-12,18-19,24H,5-8,13-17H2,(H,28,32)(H,29,33)(H,30,31). The first kappa shape index (κ1) is 23.8. The normalized spacial score (nSPS) is 19.1. The fourth-order valence-electron chi connectivity index (χ4n) is 5.19. The van der Waals surface area contributed by atoms with Gasteiger partial charge in [-0.25, -0.2) is 4.79 Å². The van der Waals surface area contributed by atoms with E-state index < -0.39 is 12.1 Å². The van der Waals surface area contributed by atoms with Gasteiger partial charge in [0.25, 0.3) is 0 Å². The minimum atomic E-state index is -0.855. The first-order valence-corrected chi connectivity index (χ1v) is 12.1.